The summed E-state index contributed by atoms with van der Waals surface area (Å²) in [5.74, 6) is 3.22. The van der Waals surface area contributed by atoms with Crippen molar-refractivity contribution in [3.05, 3.63) is 41.2 Å². The minimum absolute atomic E-state index is 0.131. The largest absolute Gasteiger partial charge is 0.462 e. The van der Waals surface area contributed by atoms with Crippen molar-refractivity contribution in [2.45, 2.75) is 58.2 Å². The van der Waals surface area contributed by atoms with Crippen molar-refractivity contribution in [2.24, 2.45) is 0 Å². The highest BCUT2D eigenvalue weighted by Crippen LogP contribution is 2.29. The summed E-state index contributed by atoms with van der Waals surface area (Å²) in [4.78, 5) is 2.17. The molecule has 1 atom stereocenters. The summed E-state index contributed by atoms with van der Waals surface area (Å²) in [5.41, 5.74) is 0.957. The van der Waals surface area contributed by atoms with Crippen molar-refractivity contribution in [1.82, 2.24) is 10.1 Å². The lowest BCUT2D eigenvalue weighted by molar-refractivity contribution is 0.000902. The maximum absolute atomic E-state index is 5.96. The van der Waals surface area contributed by atoms with Crippen LogP contribution in [0.5, 0.6) is 0 Å². The van der Waals surface area contributed by atoms with Gasteiger partial charge < -0.3 is 13.7 Å². The average molecular weight is 318 g/mol. The van der Waals surface area contributed by atoms with Gasteiger partial charge >= 0.3 is 0 Å². The molecule has 1 aliphatic rings. The highest BCUT2D eigenvalue weighted by molar-refractivity contribution is 5.11. The molecule has 23 heavy (non-hydrogen) atoms. The molecule has 1 unspecified atom stereocenters. The van der Waals surface area contributed by atoms with Crippen LogP contribution in [0.1, 0.15) is 68.1 Å². The molecule has 2 aromatic heterocycles. The van der Waals surface area contributed by atoms with Crippen LogP contribution >= 0.6 is 0 Å². The highest BCUT2D eigenvalue weighted by Gasteiger charge is 2.20. The van der Waals surface area contributed by atoms with E-state index in [9.17, 15) is 0 Å². The number of ether oxygens (including phenoxy) is 1. The van der Waals surface area contributed by atoms with Crippen molar-refractivity contribution in [2.75, 3.05) is 13.7 Å². The van der Waals surface area contributed by atoms with Gasteiger partial charge in [0, 0.05) is 25.1 Å². The summed E-state index contributed by atoms with van der Waals surface area (Å²) >= 11 is 0. The van der Waals surface area contributed by atoms with Crippen molar-refractivity contribution in [3.8, 4) is 0 Å². The van der Waals surface area contributed by atoms with E-state index in [0.717, 1.165) is 55.5 Å². The zero-order valence-electron chi connectivity index (χ0n) is 14.2. The van der Waals surface area contributed by atoms with Gasteiger partial charge in [0.05, 0.1) is 12.2 Å². The molecule has 0 bridgehead atoms. The Balaban J connectivity index is 1.54. The van der Waals surface area contributed by atoms with Crippen molar-refractivity contribution < 1.29 is 13.7 Å². The van der Waals surface area contributed by atoms with Gasteiger partial charge in [0.1, 0.15) is 23.4 Å². The number of hydrogen-bond acceptors (Lipinski definition) is 5. The molecular weight excluding hydrogens is 292 g/mol. The van der Waals surface area contributed by atoms with Crippen LogP contribution in [0.3, 0.4) is 0 Å². The number of hydrogen-bond donors (Lipinski definition) is 0. The van der Waals surface area contributed by atoms with Gasteiger partial charge in [-0.05, 0) is 38.4 Å². The predicted molar refractivity (Wildman–Crippen MR) is 87.0 cm³/mol. The van der Waals surface area contributed by atoms with Crippen LogP contribution in [0.25, 0.3) is 0 Å². The molecule has 0 radical (unpaired) electrons. The molecule has 0 aromatic carbocycles. The van der Waals surface area contributed by atoms with Crippen molar-refractivity contribution >= 4 is 0 Å². The lowest BCUT2D eigenvalue weighted by atomic mass is 10.1. The fourth-order valence-electron chi connectivity index (χ4n) is 2.89. The van der Waals surface area contributed by atoms with Gasteiger partial charge in [0.15, 0.2) is 0 Å². The predicted octanol–water partition coefficient (Wildman–Crippen LogP) is 4.26. The second-order valence-electron chi connectivity index (χ2n) is 6.71. The van der Waals surface area contributed by atoms with Crippen LogP contribution in [-0.2, 0) is 17.8 Å². The minimum atomic E-state index is 0.131. The fraction of sp³-hybridized carbons (Fsp3) is 0.611. The molecule has 0 N–H and O–H groups in total. The van der Waals surface area contributed by atoms with Crippen molar-refractivity contribution in [1.29, 1.82) is 0 Å². The Morgan fingerprint density at radius 3 is 2.83 bits per heavy atom. The quantitative estimate of drug-likeness (QED) is 0.796. The van der Waals surface area contributed by atoms with Crippen LogP contribution < -0.4 is 0 Å². The highest BCUT2D eigenvalue weighted by atomic mass is 16.5. The molecule has 2 aromatic rings. The maximum Gasteiger partial charge on any atom is 0.139 e. The number of nitrogens with zero attached hydrogens (tertiary/aromatic N) is 2. The molecule has 0 saturated carbocycles. The molecule has 0 spiro atoms. The molecule has 0 aliphatic carbocycles. The molecule has 0 amide bonds. The van der Waals surface area contributed by atoms with E-state index in [1.165, 1.54) is 6.42 Å². The van der Waals surface area contributed by atoms with Gasteiger partial charge in [-0.15, -0.1) is 0 Å². The lowest BCUT2D eigenvalue weighted by Gasteiger charge is -2.20. The van der Waals surface area contributed by atoms with E-state index in [0.29, 0.717) is 5.92 Å². The third-order valence-corrected chi connectivity index (χ3v) is 4.18. The fourth-order valence-corrected chi connectivity index (χ4v) is 2.89. The van der Waals surface area contributed by atoms with E-state index in [1.807, 2.05) is 18.2 Å². The third kappa shape index (κ3) is 4.24. The Labute approximate surface area is 137 Å². The van der Waals surface area contributed by atoms with Gasteiger partial charge in [-0.1, -0.05) is 19.0 Å². The van der Waals surface area contributed by atoms with Gasteiger partial charge in [0.2, 0.25) is 0 Å². The smallest absolute Gasteiger partial charge is 0.139 e. The summed E-state index contributed by atoms with van der Waals surface area (Å²) < 4.78 is 17.1. The summed E-state index contributed by atoms with van der Waals surface area (Å²) in [6.45, 7) is 6.53. The van der Waals surface area contributed by atoms with E-state index in [-0.39, 0.29) is 6.10 Å². The first-order chi connectivity index (χ1) is 11.1. The summed E-state index contributed by atoms with van der Waals surface area (Å²) in [6.07, 6.45) is 3.56. The number of rotatable bonds is 6. The standard InChI is InChI=1S/C18H26N2O3/c1-13(2)18-10-14(19-23-18)11-20(3)12-15-7-8-17(22-15)16-6-4-5-9-21-16/h7-8,10,13,16H,4-6,9,11-12H2,1-3H3. The molecular formula is C18H26N2O3. The number of furan rings is 1. The van der Waals surface area contributed by atoms with Crippen LogP contribution in [-0.4, -0.2) is 23.7 Å². The molecule has 5 heteroatoms. The topological polar surface area (TPSA) is 51.6 Å². The first-order valence-electron chi connectivity index (χ1n) is 8.46. The van der Waals surface area contributed by atoms with E-state index in [2.05, 4.69) is 31.0 Å². The van der Waals surface area contributed by atoms with Crippen LogP contribution in [0, 0.1) is 0 Å². The minimum Gasteiger partial charge on any atom is -0.462 e. The molecule has 3 rings (SSSR count). The zero-order valence-corrected chi connectivity index (χ0v) is 14.2. The lowest BCUT2D eigenvalue weighted by Crippen LogP contribution is -2.17. The normalized spacial score (nSPS) is 18.9. The third-order valence-electron chi connectivity index (χ3n) is 4.18. The van der Waals surface area contributed by atoms with E-state index in [1.54, 1.807) is 0 Å². The molecule has 1 aliphatic heterocycles. The Kier molecular flexibility index (Phi) is 5.18. The van der Waals surface area contributed by atoms with E-state index < -0.39 is 0 Å². The molecule has 1 saturated heterocycles. The van der Waals surface area contributed by atoms with E-state index >= 15 is 0 Å². The Morgan fingerprint density at radius 1 is 1.26 bits per heavy atom. The van der Waals surface area contributed by atoms with Gasteiger partial charge in [0.25, 0.3) is 0 Å². The number of aromatic nitrogens is 1. The molecule has 5 nitrogen and oxygen atoms in total. The first kappa shape index (κ1) is 16.3. The molecule has 126 valence electrons. The Hall–Kier alpha value is -1.59. The second-order valence-corrected chi connectivity index (χ2v) is 6.71. The van der Waals surface area contributed by atoms with Crippen LogP contribution in [0.15, 0.2) is 27.1 Å². The molecule has 1 fully saturated rings. The van der Waals surface area contributed by atoms with Crippen molar-refractivity contribution in [3.63, 3.8) is 0 Å². The maximum atomic E-state index is 5.96. The average Bonchev–Trinajstić information content (AvgIpc) is 3.18. The van der Waals surface area contributed by atoms with Gasteiger partial charge in [-0.2, -0.15) is 0 Å². The summed E-state index contributed by atoms with van der Waals surface area (Å²) in [5, 5.41) is 4.13. The summed E-state index contributed by atoms with van der Waals surface area (Å²) in [6, 6.07) is 6.13. The Morgan fingerprint density at radius 2 is 2.13 bits per heavy atom. The zero-order chi connectivity index (χ0) is 16.2. The SMILES string of the molecule is CC(C)c1cc(CN(C)Cc2ccc(C3CCCCO3)o2)no1. The summed E-state index contributed by atoms with van der Waals surface area (Å²) in [7, 11) is 2.06. The van der Waals surface area contributed by atoms with E-state index in [4.69, 9.17) is 13.7 Å². The second kappa shape index (κ2) is 7.32. The van der Waals surface area contributed by atoms with Gasteiger partial charge in [-0.3, -0.25) is 4.90 Å². The van der Waals surface area contributed by atoms with Crippen LogP contribution in [0.2, 0.25) is 0 Å². The molecule has 3 heterocycles. The van der Waals surface area contributed by atoms with Crippen LogP contribution in [0.4, 0.5) is 0 Å². The van der Waals surface area contributed by atoms with Gasteiger partial charge in [-0.25, -0.2) is 0 Å². The monoisotopic (exact) mass is 318 g/mol. The first-order valence-corrected chi connectivity index (χ1v) is 8.46. The Bertz CT molecular complexity index is 611.